The minimum atomic E-state index is -0.499. The Morgan fingerprint density at radius 3 is 2.88 bits per heavy atom. The van der Waals surface area contributed by atoms with Crippen molar-refractivity contribution in [3.05, 3.63) is 34.6 Å². The highest BCUT2D eigenvalue weighted by Crippen LogP contribution is 2.18. The lowest BCUT2D eigenvalue weighted by Crippen LogP contribution is -2.43. The summed E-state index contributed by atoms with van der Waals surface area (Å²) in [6, 6.07) is 6.51. The van der Waals surface area contributed by atoms with E-state index >= 15 is 0 Å². The van der Waals surface area contributed by atoms with Gasteiger partial charge < -0.3 is 10.6 Å². The van der Waals surface area contributed by atoms with E-state index in [1.54, 1.807) is 24.3 Å². The van der Waals surface area contributed by atoms with Crippen molar-refractivity contribution in [2.45, 2.75) is 38.3 Å². The lowest BCUT2D eigenvalue weighted by atomic mass is 10.2. The number of hydrogen-bond acceptors (Lipinski definition) is 5. The molecule has 3 rings (SSSR count). The molecule has 0 bridgehead atoms. The van der Waals surface area contributed by atoms with Gasteiger partial charge in [-0.05, 0) is 31.4 Å². The molecule has 1 aromatic carbocycles. The van der Waals surface area contributed by atoms with E-state index in [0.717, 1.165) is 6.42 Å². The molecule has 2 aromatic rings. The van der Waals surface area contributed by atoms with Gasteiger partial charge in [0.2, 0.25) is 11.8 Å². The molecule has 1 saturated heterocycles. The van der Waals surface area contributed by atoms with Gasteiger partial charge in [0.05, 0.1) is 5.39 Å². The van der Waals surface area contributed by atoms with Gasteiger partial charge in [0.15, 0.2) is 0 Å². The number of rotatable bonds is 5. The molecule has 0 spiro atoms. The van der Waals surface area contributed by atoms with Crippen molar-refractivity contribution < 1.29 is 9.59 Å². The number of hydrogen-bond donors (Lipinski definition) is 1. The highest BCUT2D eigenvalue weighted by atomic mass is 16.2. The largest absolute Gasteiger partial charge is 0.368 e. The van der Waals surface area contributed by atoms with Crippen LogP contribution in [0.25, 0.3) is 10.9 Å². The van der Waals surface area contributed by atoms with Gasteiger partial charge in [-0.3, -0.25) is 14.4 Å². The summed E-state index contributed by atoms with van der Waals surface area (Å²) in [5.41, 5.74) is 5.66. The molecule has 1 aliphatic rings. The summed E-state index contributed by atoms with van der Waals surface area (Å²) in [6.45, 7) is 0.861. The number of fused-ring (bicyclic) bond motifs is 1. The minimum Gasteiger partial charge on any atom is -0.368 e. The van der Waals surface area contributed by atoms with Crippen LogP contribution >= 0.6 is 0 Å². The first-order valence-electron chi connectivity index (χ1n) is 7.99. The molecule has 24 heavy (non-hydrogen) atoms. The molecule has 1 fully saturated rings. The molecule has 1 aliphatic heterocycles. The third-order valence-electron chi connectivity index (χ3n) is 4.29. The van der Waals surface area contributed by atoms with Crippen molar-refractivity contribution in [2.75, 3.05) is 6.54 Å². The zero-order valence-corrected chi connectivity index (χ0v) is 13.2. The first-order valence-corrected chi connectivity index (χ1v) is 7.99. The fraction of sp³-hybridized carbons (Fsp3) is 0.438. The van der Waals surface area contributed by atoms with Crippen LogP contribution in [0.5, 0.6) is 0 Å². The number of aryl methyl sites for hydroxylation is 1. The van der Waals surface area contributed by atoms with Crippen molar-refractivity contribution in [1.29, 1.82) is 0 Å². The highest BCUT2D eigenvalue weighted by Gasteiger charge is 2.32. The number of nitrogens with zero attached hydrogens (tertiary/aromatic N) is 4. The van der Waals surface area contributed by atoms with Gasteiger partial charge in [-0.15, -0.1) is 5.10 Å². The monoisotopic (exact) mass is 329 g/mol. The van der Waals surface area contributed by atoms with Crippen LogP contribution < -0.4 is 11.3 Å². The van der Waals surface area contributed by atoms with Crippen LogP contribution in [0.15, 0.2) is 29.1 Å². The minimum absolute atomic E-state index is 0.113. The van der Waals surface area contributed by atoms with Crippen LogP contribution in [0.3, 0.4) is 0 Å². The predicted molar refractivity (Wildman–Crippen MR) is 87.0 cm³/mol. The summed E-state index contributed by atoms with van der Waals surface area (Å²) in [7, 11) is 0. The molecule has 0 unspecified atom stereocenters. The fourth-order valence-electron chi connectivity index (χ4n) is 3.05. The first kappa shape index (κ1) is 16.1. The molecule has 0 aliphatic carbocycles. The van der Waals surface area contributed by atoms with Crippen LogP contribution in [0.1, 0.15) is 25.7 Å². The topological polar surface area (TPSA) is 111 Å². The van der Waals surface area contributed by atoms with Gasteiger partial charge in [0.1, 0.15) is 11.6 Å². The van der Waals surface area contributed by atoms with Crippen LogP contribution in [0.2, 0.25) is 0 Å². The summed E-state index contributed by atoms with van der Waals surface area (Å²) in [5.74, 6) is -0.574. The number of carbonyl (C=O) groups is 2. The van der Waals surface area contributed by atoms with Crippen molar-refractivity contribution >= 4 is 22.7 Å². The molecule has 2 N–H and O–H groups in total. The maximum atomic E-state index is 12.3. The lowest BCUT2D eigenvalue weighted by molar-refractivity contribution is -0.137. The van der Waals surface area contributed by atoms with Gasteiger partial charge in [-0.2, -0.15) is 0 Å². The molecule has 1 atom stereocenters. The van der Waals surface area contributed by atoms with Crippen molar-refractivity contribution in [3.8, 4) is 0 Å². The molecule has 2 amide bonds. The summed E-state index contributed by atoms with van der Waals surface area (Å²) >= 11 is 0. The Hall–Kier alpha value is -2.77. The Morgan fingerprint density at radius 1 is 1.29 bits per heavy atom. The quantitative estimate of drug-likeness (QED) is 0.833. The van der Waals surface area contributed by atoms with Gasteiger partial charge in [0, 0.05) is 19.5 Å². The van der Waals surface area contributed by atoms with E-state index in [0.29, 0.717) is 36.8 Å². The average molecular weight is 329 g/mol. The third kappa shape index (κ3) is 3.12. The second kappa shape index (κ2) is 6.77. The van der Waals surface area contributed by atoms with E-state index in [4.69, 9.17) is 5.73 Å². The maximum Gasteiger partial charge on any atom is 0.277 e. The second-order valence-electron chi connectivity index (χ2n) is 5.89. The number of likely N-dealkylation sites (tertiary alicyclic amines) is 1. The summed E-state index contributed by atoms with van der Waals surface area (Å²) in [4.78, 5) is 37.4. The molecule has 8 nitrogen and oxygen atoms in total. The van der Waals surface area contributed by atoms with Crippen molar-refractivity contribution in [1.82, 2.24) is 19.9 Å². The number of aromatic nitrogens is 3. The number of nitrogens with two attached hydrogens (primary N) is 1. The summed E-state index contributed by atoms with van der Waals surface area (Å²) in [6.07, 6.45) is 2.10. The normalized spacial score (nSPS) is 17.3. The number of carbonyl (C=O) groups excluding carboxylic acids is 2. The van der Waals surface area contributed by atoms with E-state index in [1.165, 1.54) is 9.58 Å². The number of amides is 2. The van der Waals surface area contributed by atoms with Crippen molar-refractivity contribution in [3.63, 3.8) is 0 Å². The van der Waals surface area contributed by atoms with Crippen LogP contribution in [-0.2, 0) is 16.1 Å². The standard InChI is InChI=1S/C16H19N5O3/c17-15(23)13-7-3-9-20(13)14(22)8-4-10-21-16(24)11-5-1-2-6-12(11)18-19-21/h1-2,5-6,13H,3-4,7-10H2,(H2,17,23)/t13-/m0/s1. The van der Waals surface area contributed by atoms with E-state index < -0.39 is 11.9 Å². The van der Waals surface area contributed by atoms with Gasteiger partial charge in [-0.25, -0.2) is 4.68 Å². The van der Waals surface area contributed by atoms with E-state index in [-0.39, 0.29) is 17.9 Å². The van der Waals surface area contributed by atoms with Crippen LogP contribution in [-0.4, -0.2) is 44.3 Å². The van der Waals surface area contributed by atoms with Crippen LogP contribution in [0.4, 0.5) is 0 Å². The first-order chi connectivity index (χ1) is 11.6. The summed E-state index contributed by atoms with van der Waals surface area (Å²) in [5, 5.41) is 8.41. The Morgan fingerprint density at radius 2 is 2.08 bits per heavy atom. The zero-order valence-electron chi connectivity index (χ0n) is 13.2. The molecule has 8 heteroatoms. The zero-order chi connectivity index (χ0) is 17.1. The van der Waals surface area contributed by atoms with Gasteiger partial charge >= 0.3 is 0 Å². The predicted octanol–water partition coefficient (Wildman–Crippen LogP) is 0.0480. The van der Waals surface area contributed by atoms with E-state index in [2.05, 4.69) is 10.3 Å². The Balaban J connectivity index is 1.62. The smallest absolute Gasteiger partial charge is 0.277 e. The number of primary amides is 1. The molecule has 2 heterocycles. The fourth-order valence-corrected chi connectivity index (χ4v) is 3.05. The molecule has 1 aromatic heterocycles. The second-order valence-corrected chi connectivity index (χ2v) is 5.89. The lowest BCUT2D eigenvalue weighted by Gasteiger charge is -2.22. The van der Waals surface area contributed by atoms with Crippen molar-refractivity contribution in [2.24, 2.45) is 5.73 Å². The van der Waals surface area contributed by atoms with Gasteiger partial charge in [0.25, 0.3) is 5.56 Å². The highest BCUT2D eigenvalue weighted by molar-refractivity contribution is 5.87. The summed E-state index contributed by atoms with van der Waals surface area (Å²) < 4.78 is 1.27. The Labute approximate surface area is 138 Å². The Kier molecular flexibility index (Phi) is 4.54. The molecule has 126 valence electrons. The molecule has 0 saturated carbocycles. The van der Waals surface area contributed by atoms with E-state index in [9.17, 15) is 14.4 Å². The van der Waals surface area contributed by atoms with Gasteiger partial charge in [-0.1, -0.05) is 17.3 Å². The van der Waals surface area contributed by atoms with E-state index in [1.807, 2.05) is 0 Å². The Bertz CT molecular complexity index is 832. The third-order valence-corrected chi connectivity index (χ3v) is 4.29. The molecule has 0 radical (unpaired) electrons. The van der Waals surface area contributed by atoms with Crippen LogP contribution in [0, 0.1) is 0 Å². The number of benzene rings is 1. The molecular weight excluding hydrogens is 310 g/mol. The maximum absolute atomic E-state index is 12.3. The molecular formula is C16H19N5O3. The average Bonchev–Trinajstić information content (AvgIpc) is 3.07. The SMILES string of the molecule is NC(=O)[C@@H]1CCCN1C(=O)CCCn1nnc2ccccc2c1=O.